The zero-order valence-corrected chi connectivity index (χ0v) is 16.8. The number of carbonyl (C=O) groups is 1. The van der Waals surface area contributed by atoms with Gasteiger partial charge in [-0.25, -0.2) is 9.37 Å². The number of carbonyl (C=O) groups excluding carboxylic acids is 1. The van der Waals surface area contributed by atoms with Crippen molar-refractivity contribution in [3.05, 3.63) is 120 Å². The minimum Gasteiger partial charge on any atom is -0.359 e. The van der Waals surface area contributed by atoms with Crippen LogP contribution >= 0.6 is 0 Å². The molecule has 0 saturated heterocycles. The van der Waals surface area contributed by atoms with Crippen LogP contribution < -0.4 is 5.32 Å². The van der Waals surface area contributed by atoms with Crippen LogP contribution in [0.25, 0.3) is 5.69 Å². The van der Waals surface area contributed by atoms with Crippen LogP contribution in [0.15, 0.2) is 97.6 Å². The van der Waals surface area contributed by atoms with E-state index >= 15 is 0 Å². The highest BCUT2D eigenvalue weighted by Crippen LogP contribution is 2.25. The molecular formula is C25H22FN3O2. The van der Waals surface area contributed by atoms with Crippen LogP contribution in [-0.2, 0) is 16.1 Å². The van der Waals surface area contributed by atoms with Gasteiger partial charge in [-0.05, 0) is 28.8 Å². The molecular weight excluding hydrogens is 393 g/mol. The van der Waals surface area contributed by atoms with Crippen molar-refractivity contribution in [2.75, 3.05) is 6.61 Å². The summed E-state index contributed by atoms with van der Waals surface area (Å²) in [6.45, 7) is 0.106. The van der Waals surface area contributed by atoms with Gasteiger partial charge in [0.2, 0.25) is 5.91 Å². The number of ether oxygens (including phenoxy) is 1. The summed E-state index contributed by atoms with van der Waals surface area (Å²) < 4.78 is 21.9. The fraction of sp³-hybridized carbons (Fsp3) is 0.120. The normalized spacial score (nSPS) is 10.9. The summed E-state index contributed by atoms with van der Waals surface area (Å²) in [4.78, 5) is 16.3. The van der Waals surface area contributed by atoms with Gasteiger partial charge >= 0.3 is 0 Å². The van der Waals surface area contributed by atoms with Crippen molar-refractivity contribution in [2.24, 2.45) is 0 Å². The molecule has 0 fully saturated rings. The predicted molar refractivity (Wildman–Crippen MR) is 116 cm³/mol. The van der Waals surface area contributed by atoms with E-state index in [2.05, 4.69) is 10.3 Å². The third-order valence-corrected chi connectivity index (χ3v) is 4.87. The predicted octanol–water partition coefficient (Wildman–Crippen LogP) is 4.43. The molecule has 1 N–H and O–H groups in total. The molecule has 3 aromatic carbocycles. The number of halogens is 1. The Kier molecular flexibility index (Phi) is 6.50. The van der Waals surface area contributed by atoms with Crippen LogP contribution in [0.1, 0.15) is 22.8 Å². The summed E-state index contributed by atoms with van der Waals surface area (Å²) in [5.74, 6) is -0.648. The van der Waals surface area contributed by atoms with E-state index in [4.69, 9.17) is 4.74 Å². The number of imidazole rings is 1. The maximum atomic E-state index is 14.4. The Morgan fingerprint density at radius 1 is 1.00 bits per heavy atom. The van der Waals surface area contributed by atoms with Gasteiger partial charge in [0.1, 0.15) is 18.5 Å². The van der Waals surface area contributed by atoms with Crippen LogP contribution in [0.4, 0.5) is 4.39 Å². The summed E-state index contributed by atoms with van der Waals surface area (Å²) in [6.07, 6.45) is 4.45. The number of aromatic nitrogens is 2. The number of rotatable bonds is 8. The van der Waals surface area contributed by atoms with Gasteiger partial charge in [0.05, 0.1) is 12.0 Å². The minimum atomic E-state index is -0.380. The van der Waals surface area contributed by atoms with Gasteiger partial charge in [-0.2, -0.15) is 0 Å². The highest BCUT2D eigenvalue weighted by Gasteiger charge is 2.16. The molecule has 0 spiro atoms. The molecule has 5 nitrogen and oxygen atoms in total. The molecule has 0 bridgehead atoms. The Morgan fingerprint density at radius 3 is 2.26 bits per heavy atom. The van der Waals surface area contributed by atoms with Crippen molar-refractivity contribution >= 4 is 5.91 Å². The SMILES string of the molecule is O=C(COC(c1ccccc1)c1ccccc1)NCc1ccc(-n2ccnc2)c(F)c1. The molecule has 6 heteroatoms. The van der Waals surface area contributed by atoms with E-state index in [0.29, 0.717) is 11.3 Å². The first-order valence-corrected chi connectivity index (χ1v) is 9.95. The smallest absolute Gasteiger partial charge is 0.246 e. The van der Waals surface area contributed by atoms with E-state index in [-0.39, 0.29) is 31.0 Å². The monoisotopic (exact) mass is 415 g/mol. The van der Waals surface area contributed by atoms with Crippen LogP contribution in [-0.4, -0.2) is 22.1 Å². The van der Waals surface area contributed by atoms with Gasteiger partial charge in [0, 0.05) is 18.9 Å². The van der Waals surface area contributed by atoms with Gasteiger partial charge < -0.3 is 14.6 Å². The molecule has 0 aliphatic carbocycles. The minimum absolute atomic E-state index is 0.107. The zero-order chi connectivity index (χ0) is 21.5. The highest BCUT2D eigenvalue weighted by molar-refractivity contribution is 5.77. The molecule has 0 aliphatic heterocycles. The number of nitrogens with one attached hydrogen (secondary N) is 1. The molecule has 0 radical (unpaired) electrons. The van der Waals surface area contributed by atoms with Crippen molar-refractivity contribution in [3.8, 4) is 5.69 Å². The van der Waals surface area contributed by atoms with Crippen molar-refractivity contribution in [1.82, 2.24) is 14.9 Å². The standard InChI is InChI=1S/C25H22FN3O2/c26-22-15-19(11-12-23(22)29-14-13-27-18-29)16-28-24(30)17-31-25(20-7-3-1-4-8-20)21-9-5-2-6-10-21/h1-15,18,25H,16-17H2,(H,28,30). The first-order valence-electron chi connectivity index (χ1n) is 9.95. The van der Waals surface area contributed by atoms with Crippen molar-refractivity contribution in [3.63, 3.8) is 0 Å². The third kappa shape index (κ3) is 5.24. The molecule has 156 valence electrons. The highest BCUT2D eigenvalue weighted by atomic mass is 19.1. The summed E-state index contributed by atoms with van der Waals surface area (Å²) in [7, 11) is 0. The lowest BCUT2D eigenvalue weighted by Gasteiger charge is -2.19. The first-order chi connectivity index (χ1) is 15.2. The van der Waals surface area contributed by atoms with Gasteiger partial charge in [-0.1, -0.05) is 66.7 Å². The van der Waals surface area contributed by atoms with E-state index in [1.165, 1.54) is 12.4 Å². The second-order valence-electron chi connectivity index (χ2n) is 7.04. The quantitative estimate of drug-likeness (QED) is 0.463. The fourth-order valence-corrected chi connectivity index (χ4v) is 3.32. The van der Waals surface area contributed by atoms with Crippen molar-refractivity contribution in [2.45, 2.75) is 12.6 Å². The Bertz CT molecular complexity index is 1080. The van der Waals surface area contributed by atoms with Crippen molar-refractivity contribution < 1.29 is 13.9 Å². The maximum absolute atomic E-state index is 14.4. The van der Waals surface area contributed by atoms with E-state index in [9.17, 15) is 9.18 Å². The zero-order valence-electron chi connectivity index (χ0n) is 16.8. The molecule has 0 aliphatic rings. The van der Waals surface area contributed by atoms with Gasteiger partial charge in [-0.15, -0.1) is 0 Å². The fourth-order valence-electron chi connectivity index (χ4n) is 3.32. The van der Waals surface area contributed by atoms with Crippen LogP contribution in [0.3, 0.4) is 0 Å². The number of hydrogen-bond donors (Lipinski definition) is 1. The number of hydrogen-bond acceptors (Lipinski definition) is 3. The van der Waals surface area contributed by atoms with Crippen LogP contribution in [0, 0.1) is 5.82 Å². The van der Waals surface area contributed by atoms with Gasteiger partial charge in [-0.3, -0.25) is 4.79 Å². The molecule has 0 unspecified atom stereocenters. The Balaban J connectivity index is 1.36. The third-order valence-electron chi connectivity index (χ3n) is 4.87. The largest absolute Gasteiger partial charge is 0.359 e. The molecule has 4 rings (SSSR count). The van der Waals surface area contributed by atoms with Crippen LogP contribution in [0.5, 0.6) is 0 Å². The molecule has 0 saturated carbocycles. The lowest BCUT2D eigenvalue weighted by atomic mass is 10.0. The summed E-state index contributed by atoms with van der Waals surface area (Å²) in [5, 5.41) is 2.79. The molecule has 31 heavy (non-hydrogen) atoms. The topological polar surface area (TPSA) is 56.1 Å². The molecule has 0 atom stereocenters. The summed E-state index contributed by atoms with van der Waals surface area (Å²) in [5.41, 5.74) is 3.01. The lowest BCUT2D eigenvalue weighted by molar-refractivity contribution is -0.127. The summed E-state index contributed by atoms with van der Waals surface area (Å²) >= 11 is 0. The van der Waals surface area contributed by atoms with Crippen molar-refractivity contribution in [1.29, 1.82) is 0 Å². The molecule has 1 heterocycles. The van der Waals surface area contributed by atoms with E-state index < -0.39 is 0 Å². The first kappa shape index (κ1) is 20.5. The Labute approximate surface area is 180 Å². The number of amides is 1. The average molecular weight is 415 g/mol. The average Bonchev–Trinajstić information content (AvgIpc) is 3.34. The number of benzene rings is 3. The molecule has 4 aromatic rings. The summed E-state index contributed by atoms with van der Waals surface area (Å²) in [6, 6.07) is 24.4. The van der Waals surface area contributed by atoms with Gasteiger partial charge in [0.25, 0.3) is 0 Å². The van der Waals surface area contributed by atoms with E-state index in [0.717, 1.165) is 11.1 Å². The molecule has 1 aromatic heterocycles. The van der Waals surface area contributed by atoms with E-state index in [1.807, 2.05) is 60.7 Å². The number of nitrogens with zero attached hydrogens (tertiary/aromatic N) is 2. The second-order valence-corrected chi connectivity index (χ2v) is 7.04. The second kappa shape index (κ2) is 9.82. The molecule has 1 amide bonds. The lowest BCUT2D eigenvalue weighted by Crippen LogP contribution is -2.28. The van der Waals surface area contributed by atoms with Crippen LogP contribution in [0.2, 0.25) is 0 Å². The van der Waals surface area contributed by atoms with Gasteiger partial charge in [0.15, 0.2) is 0 Å². The maximum Gasteiger partial charge on any atom is 0.246 e. The van der Waals surface area contributed by atoms with E-state index in [1.54, 1.807) is 29.1 Å². The Morgan fingerprint density at radius 2 is 1.68 bits per heavy atom. The Hall–Kier alpha value is -3.77.